The first kappa shape index (κ1) is 17.2. The monoisotopic (exact) mass is 353 g/mol. The molecule has 1 aromatic carbocycles. The quantitative estimate of drug-likeness (QED) is 0.420. The van der Waals surface area contributed by atoms with E-state index in [1.54, 1.807) is 19.3 Å². The smallest absolute Gasteiger partial charge is 0.191 e. The van der Waals surface area contributed by atoms with Crippen LogP contribution in [0.3, 0.4) is 0 Å². The summed E-state index contributed by atoms with van der Waals surface area (Å²) in [5.74, 6) is 0.759. The largest absolute Gasteiger partial charge is 0.356 e. The van der Waals surface area contributed by atoms with Crippen molar-refractivity contribution < 1.29 is 0 Å². The van der Waals surface area contributed by atoms with Crippen LogP contribution in [0.1, 0.15) is 11.1 Å². The van der Waals surface area contributed by atoms with Gasteiger partial charge in [-0.15, -0.1) is 0 Å². The van der Waals surface area contributed by atoms with Crippen LogP contribution in [-0.4, -0.2) is 29.5 Å². The minimum atomic E-state index is 0.512. The molecule has 0 unspecified atom stereocenters. The third-order valence-electron chi connectivity index (χ3n) is 3.88. The van der Waals surface area contributed by atoms with E-state index in [0.717, 1.165) is 41.0 Å². The molecule has 0 fully saturated rings. The number of benzene rings is 1. The zero-order valence-corrected chi connectivity index (χ0v) is 14.8. The molecule has 0 aliphatic rings. The molecule has 0 amide bonds. The standard InChI is InChI=1S/C19H20ClN5/c1-21-19(23-11-9-14-7-8-17(20)24-12-14)25-13-16-5-2-4-15-6-3-10-22-18(15)16/h2-8,10,12H,9,11,13H2,1H3,(H2,21,23,25). The lowest BCUT2D eigenvalue weighted by molar-refractivity contribution is 0.794. The SMILES string of the molecule is CN=C(NCCc1ccc(Cl)nc1)NCc1cccc2cccnc12. The second-order valence-electron chi connectivity index (χ2n) is 5.58. The normalized spacial score (nSPS) is 11.5. The van der Waals surface area contributed by atoms with Crippen LogP contribution in [0.4, 0.5) is 0 Å². The fourth-order valence-corrected chi connectivity index (χ4v) is 2.70. The van der Waals surface area contributed by atoms with Gasteiger partial charge in [0.2, 0.25) is 0 Å². The van der Waals surface area contributed by atoms with E-state index in [9.17, 15) is 0 Å². The van der Waals surface area contributed by atoms with Crippen LogP contribution in [0.5, 0.6) is 0 Å². The van der Waals surface area contributed by atoms with Gasteiger partial charge in [0.15, 0.2) is 5.96 Å². The second-order valence-corrected chi connectivity index (χ2v) is 5.97. The molecule has 3 aromatic rings. The van der Waals surface area contributed by atoms with Crippen molar-refractivity contribution in [3.05, 3.63) is 71.1 Å². The van der Waals surface area contributed by atoms with Gasteiger partial charge in [-0.1, -0.05) is 41.9 Å². The van der Waals surface area contributed by atoms with Crippen LogP contribution in [0.25, 0.3) is 10.9 Å². The van der Waals surface area contributed by atoms with E-state index in [0.29, 0.717) is 11.7 Å². The lowest BCUT2D eigenvalue weighted by Crippen LogP contribution is -2.37. The average Bonchev–Trinajstić information content (AvgIpc) is 2.66. The number of hydrogen-bond acceptors (Lipinski definition) is 3. The van der Waals surface area contributed by atoms with Crippen LogP contribution in [0, 0.1) is 0 Å². The highest BCUT2D eigenvalue weighted by molar-refractivity contribution is 6.29. The summed E-state index contributed by atoms with van der Waals surface area (Å²) in [6, 6.07) is 14.0. The van der Waals surface area contributed by atoms with Gasteiger partial charge < -0.3 is 10.6 Å². The summed E-state index contributed by atoms with van der Waals surface area (Å²) in [7, 11) is 1.76. The van der Waals surface area contributed by atoms with Crippen LogP contribution < -0.4 is 10.6 Å². The van der Waals surface area contributed by atoms with E-state index in [-0.39, 0.29) is 0 Å². The van der Waals surface area contributed by atoms with E-state index in [4.69, 9.17) is 11.6 Å². The molecule has 128 valence electrons. The maximum absolute atomic E-state index is 5.80. The fourth-order valence-electron chi connectivity index (χ4n) is 2.59. The molecule has 3 rings (SSSR count). The first-order valence-corrected chi connectivity index (χ1v) is 8.51. The lowest BCUT2D eigenvalue weighted by Gasteiger charge is -2.13. The van der Waals surface area contributed by atoms with E-state index in [2.05, 4.69) is 43.8 Å². The number of aliphatic imine (C=N–C) groups is 1. The van der Waals surface area contributed by atoms with Crippen molar-refractivity contribution in [3.8, 4) is 0 Å². The molecule has 0 aliphatic carbocycles. The average molecular weight is 354 g/mol. The molecular weight excluding hydrogens is 334 g/mol. The van der Waals surface area contributed by atoms with Gasteiger partial charge >= 0.3 is 0 Å². The molecule has 0 aliphatic heterocycles. The van der Waals surface area contributed by atoms with Crippen molar-refractivity contribution >= 4 is 28.5 Å². The Morgan fingerprint density at radius 3 is 2.76 bits per heavy atom. The number of rotatable bonds is 5. The second kappa shape index (κ2) is 8.44. The topological polar surface area (TPSA) is 62.2 Å². The van der Waals surface area contributed by atoms with Gasteiger partial charge in [-0.2, -0.15) is 0 Å². The summed E-state index contributed by atoms with van der Waals surface area (Å²) in [5, 5.41) is 8.29. The zero-order chi connectivity index (χ0) is 17.5. The van der Waals surface area contributed by atoms with Gasteiger partial charge in [0.25, 0.3) is 0 Å². The molecule has 2 aromatic heterocycles. The Morgan fingerprint density at radius 2 is 1.96 bits per heavy atom. The lowest BCUT2D eigenvalue weighted by atomic mass is 10.1. The molecule has 25 heavy (non-hydrogen) atoms. The zero-order valence-electron chi connectivity index (χ0n) is 14.0. The molecule has 2 N–H and O–H groups in total. The molecule has 0 saturated carbocycles. The Balaban J connectivity index is 1.54. The first-order chi connectivity index (χ1) is 12.3. The van der Waals surface area contributed by atoms with Gasteiger partial charge in [0.1, 0.15) is 5.15 Å². The Hall–Kier alpha value is -2.66. The van der Waals surface area contributed by atoms with E-state index >= 15 is 0 Å². The summed E-state index contributed by atoms with van der Waals surface area (Å²) in [6.45, 7) is 1.42. The molecule has 6 heteroatoms. The highest BCUT2D eigenvalue weighted by Crippen LogP contribution is 2.15. The fraction of sp³-hybridized carbons (Fsp3) is 0.211. The van der Waals surface area contributed by atoms with E-state index < -0.39 is 0 Å². The molecule has 5 nitrogen and oxygen atoms in total. The number of nitrogens with zero attached hydrogens (tertiary/aromatic N) is 3. The molecule has 2 heterocycles. The van der Waals surface area contributed by atoms with Gasteiger partial charge in [-0.3, -0.25) is 9.98 Å². The van der Waals surface area contributed by atoms with Gasteiger partial charge in [0.05, 0.1) is 5.52 Å². The van der Waals surface area contributed by atoms with E-state index in [1.165, 1.54) is 0 Å². The Bertz CT molecular complexity index is 856. The van der Waals surface area contributed by atoms with Crippen molar-refractivity contribution in [2.75, 3.05) is 13.6 Å². The van der Waals surface area contributed by atoms with Gasteiger partial charge in [-0.05, 0) is 29.7 Å². The molecule has 0 atom stereocenters. The number of pyridine rings is 2. The summed E-state index contributed by atoms with van der Waals surface area (Å²) < 4.78 is 0. The maximum atomic E-state index is 5.80. The minimum absolute atomic E-state index is 0.512. The number of aromatic nitrogens is 2. The van der Waals surface area contributed by atoms with Crippen molar-refractivity contribution in [1.29, 1.82) is 0 Å². The Labute approximate surface area is 152 Å². The number of para-hydroxylation sites is 1. The van der Waals surface area contributed by atoms with E-state index in [1.807, 2.05) is 24.4 Å². The molecule has 0 bridgehead atoms. The number of nitrogens with one attached hydrogen (secondary N) is 2. The van der Waals surface area contributed by atoms with Gasteiger partial charge in [-0.25, -0.2) is 4.98 Å². The highest BCUT2D eigenvalue weighted by Gasteiger charge is 2.03. The van der Waals surface area contributed by atoms with Crippen molar-refractivity contribution in [2.24, 2.45) is 4.99 Å². The Morgan fingerprint density at radius 1 is 1.08 bits per heavy atom. The highest BCUT2D eigenvalue weighted by atomic mass is 35.5. The van der Waals surface area contributed by atoms with Crippen molar-refractivity contribution in [1.82, 2.24) is 20.6 Å². The number of fused-ring (bicyclic) bond motifs is 1. The van der Waals surface area contributed by atoms with Gasteiger partial charge in [0, 0.05) is 37.9 Å². The summed E-state index contributed by atoms with van der Waals surface area (Å²) in [4.78, 5) is 12.8. The van der Waals surface area contributed by atoms with Crippen molar-refractivity contribution in [2.45, 2.75) is 13.0 Å². The summed E-state index contributed by atoms with van der Waals surface area (Å²) in [6.07, 6.45) is 4.46. The number of guanidine groups is 1. The van der Waals surface area contributed by atoms with Crippen LogP contribution in [-0.2, 0) is 13.0 Å². The third kappa shape index (κ3) is 4.67. The molecule has 0 saturated heterocycles. The predicted octanol–water partition coefficient (Wildman–Crippen LogP) is 3.19. The summed E-state index contributed by atoms with van der Waals surface area (Å²) in [5.41, 5.74) is 3.29. The molecular formula is C19H20ClN5. The minimum Gasteiger partial charge on any atom is -0.356 e. The maximum Gasteiger partial charge on any atom is 0.191 e. The van der Waals surface area contributed by atoms with Crippen LogP contribution in [0.15, 0.2) is 59.9 Å². The third-order valence-corrected chi connectivity index (χ3v) is 4.10. The van der Waals surface area contributed by atoms with Crippen LogP contribution >= 0.6 is 11.6 Å². The summed E-state index contributed by atoms with van der Waals surface area (Å²) >= 11 is 5.80. The number of halogens is 1. The van der Waals surface area contributed by atoms with Crippen molar-refractivity contribution in [3.63, 3.8) is 0 Å². The number of hydrogen-bond donors (Lipinski definition) is 2. The molecule has 0 spiro atoms. The Kier molecular flexibility index (Phi) is 5.80. The van der Waals surface area contributed by atoms with Crippen LogP contribution in [0.2, 0.25) is 5.15 Å². The molecule has 0 radical (unpaired) electrons. The predicted molar refractivity (Wildman–Crippen MR) is 103 cm³/mol. The first-order valence-electron chi connectivity index (χ1n) is 8.14.